The summed E-state index contributed by atoms with van der Waals surface area (Å²) in [6.07, 6.45) is 1.78. The highest BCUT2D eigenvalue weighted by Gasteiger charge is 2.26. The molecule has 0 aliphatic carbocycles. The van der Waals surface area contributed by atoms with Gasteiger partial charge in [-0.25, -0.2) is 13.8 Å². The summed E-state index contributed by atoms with van der Waals surface area (Å²) < 4.78 is 31.6. The van der Waals surface area contributed by atoms with Gasteiger partial charge in [0.25, 0.3) is 0 Å². The van der Waals surface area contributed by atoms with E-state index >= 15 is 0 Å². The number of aromatic nitrogens is 6. The summed E-state index contributed by atoms with van der Waals surface area (Å²) in [5.41, 5.74) is 2.69. The number of hydrogen-bond acceptors (Lipinski definition) is 5. The molecule has 142 valence electrons. The van der Waals surface area contributed by atoms with Crippen LogP contribution in [0.4, 0.5) is 14.7 Å². The zero-order valence-corrected chi connectivity index (χ0v) is 15.2. The standard InChI is InChI=1S/C19H17F2N7/c1-2-22-19-25-24-16-8-7-14(26-28(16)19)18-17(23-15-4-3-9-27(15)18)12-6-5-11(20)10-13(12)21/h5-8,10H,2-4,9H2,1H3,(H,22,25). The van der Waals surface area contributed by atoms with Gasteiger partial charge in [0.15, 0.2) is 5.65 Å². The maximum Gasteiger partial charge on any atom is 0.246 e. The Labute approximate surface area is 159 Å². The van der Waals surface area contributed by atoms with E-state index < -0.39 is 11.6 Å². The molecule has 9 heteroatoms. The highest BCUT2D eigenvalue weighted by Crippen LogP contribution is 2.36. The topological polar surface area (TPSA) is 72.9 Å². The lowest BCUT2D eigenvalue weighted by atomic mass is 10.1. The number of anilines is 1. The van der Waals surface area contributed by atoms with Crippen LogP contribution in [0.25, 0.3) is 28.3 Å². The number of nitrogens with one attached hydrogen (secondary N) is 1. The minimum Gasteiger partial charge on any atom is -0.353 e. The molecule has 0 amide bonds. The van der Waals surface area contributed by atoms with Crippen LogP contribution in [0.2, 0.25) is 0 Å². The molecule has 0 radical (unpaired) electrons. The van der Waals surface area contributed by atoms with Gasteiger partial charge in [0.2, 0.25) is 5.95 Å². The Morgan fingerprint density at radius 3 is 2.86 bits per heavy atom. The van der Waals surface area contributed by atoms with Gasteiger partial charge >= 0.3 is 0 Å². The predicted octanol–water partition coefficient (Wildman–Crippen LogP) is 3.31. The van der Waals surface area contributed by atoms with Crippen LogP contribution in [0.15, 0.2) is 30.3 Å². The lowest BCUT2D eigenvalue weighted by molar-refractivity contribution is 0.585. The number of hydrogen-bond donors (Lipinski definition) is 1. The number of benzene rings is 1. The molecule has 0 bridgehead atoms. The molecule has 4 aromatic rings. The summed E-state index contributed by atoms with van der Waals surface area (Å²) in [5.74, 6) is 0.159. The third-order valence-corrected chi connectivity index (χ3v) is 4.86. The molecule has 0 atom stereocenters. The van der Waals surface area contributed by atoms with Crippen molar-refractivity contribution in [3.63, 3.8) is 0 Å². The van der Waals surface area contributed by atoms with E-state index in [1.54, 1.807) is 4.52 Å². The van der Waals surface area contributed by atoms with E-state index in [2.05, 4.69) is 30.2 Å². The van der Waals surface area contributed by atoms with Crippen LogP contribution >= 0.6 is 0 Å². The molecule has 1 aliphatic rings. The van der Waals surface area contributed by atoms with E-state index in [0.29, 0.717) is 29.5 Å². The van der Waals surface area contributed by atoms with Gasteiger partial charge in [0, 0.05) is 31.1 Å². The van der Waals surface area contributed by atoms with E-state index in [-0.39, 0.29) is 5.56 Å². The first kappa shape index (κ1) is 16.8. The molecule has 28 heavy (non-hydrogen) atoms. The molecule has 4 heterocycles. The molecule has 0 spiro atoms. The quantitative estimate of drug-likeness (QED) is 0.587. The third kappa shape index (κ3) is 2.54. The third-order valence-electron chi connectivity index (χ3n) is 4.86. The summed E-state index contributed by atoms with van der Waals surface area (Å²) in [4.78, 5) is 4.66. The van der Waals surface area contributed by atoms with Crippen molar-refractivity contribution in [2.45, 2.75) is 26.3 Å². The van der Waals surface area contributed by atoms with Crippen molar-refractivity contribution in [1.29, 1.82) is 0 Å². The Morgan fingerprint density at radius 1 is 1.14 bits per heavy atom. The lowest BCUT2D eigenvalue weighted by Crippen LogP contribution is -2.06. The Bertz CT molecular complexity index is 1190. The van der Waals surface area contributed by atoms with Crippen LogP contribution in [0, 0.1) is 11.6 Å². The van der Waals surface area contributed by atoms with Crippen LogP contribution in [0.1, 0.15) is 19.2 Å². The fourth-order valence-corrected chi connectivity index (χ4v) is 3.64. The number of rotatable bonds is 4. The van der Waals surface area contributed by atoms with Crippen molar-refractivity contribution in [1.82, 2.24) is 29.4 Å². The van der Waals surface area contributed by atoms with Crippen LogP contribution in [0.3, 0.4) is 0 Å². The highest BCUT2D eigenvalue weighted by molar-refractivity contribution is 5.78. The Morgan fingerprint density at radius 2 is 2.04 bits per heavy atom. The Kier molecular flexibility index (Phi) is 3.81. The van der Waals surface area contributed by atoms with Gasteiger partial charge < -0.3 is 9.88 Å². The summed E-state index contributed by atoms with van der Waals surface area (Å²) in [6, 6.07) is 7.19. The molecule has 5 rings (SSSR count). The fourth-order valence-electron chi connectivity index (χ4n) is 3.64. The molecule has 3 aromatic heterocycles. The smallest absolute Gasteiger partial charge is 0.246 e. The Balaban J connectivity index is 1.73. The number of imidazole rings is 1. The minimum absolute atomic E-state index is 0.260. The van der Waals surface area contributed by atoms with Crippen molar-refractivity contribution in [2.75, 3.05) is 11.9 Å². The summed E-state index contributed by atoms with van der Waals surface area (Å²) in [7, 11) is 0. The lowest BCUT2D eigenvalue weighted by Gasteiger charge is -2.09. The first-order chi connectivity index (χ1) is 13.7. The van der Waals surface area contributed by atoms with E-state index in [4.69, 9.17) is 0 Å². The van der Waals surface area contributed by atoms with Crippen molar-refractivity contribution in [3.05, 3.63) is 47.8 Å². The van der Waals surface area contributed by atoms with Crippen molar-refractivity contribution >= 4 is 11.6 Å². The van der Waals surface area contributed by atoms with E-state index in [9.17, 15) is 8.78 Å². The van der Waals surface area contributed by atoms with Gasteiger partial charge in [-0.2, -0.15) is 9.61 Å². The molecule has 0 fully saturated rings. The maximum absolute atomic E-state index is 14.5. The molecule has 1 N–H and O–H groups in total. The van der Waals surface area contributed by atoms with Crippen molar-refractivity contribution < 1.29 is 8.78 Å². The molecular formula is C19H17F2N7. The molecule has 0 unspecified atom stereocenters. The molecule has 0 saturated carbocycles. The largest absolute Gasteiger partial charge is 0.353 e. The van der Waals surface area contributed by atoms with Gasteiger partial charge in [-0.15, -0.1) is 10.2 Å². The van der Waals surface area contributed by atoms with Gasteiger partial charge in [-0.1, -0.05) is 0 Å². The van der Waals surface area contributed by atoms with Crippen LogP contribution in [0.5, 0.6) is 0 Å². The minimum atomic E-state index is -0.642. The van der Waals surface area contributed by atoms with Crippen molar-refractivity contribution in [2.24, 2.45) is 0 Å². The summed E-state index contributed by atoms with van der Waals surface area (Å²) >= 11 is 0. The second kappa shape index (κ2) is 6.36. The van der Waals surface area contributed by atoms with Crippen LogP contribution in [-0.4, -0.2) is 35.9 Å². The number of fused-ring (bicyclic) bond motifs is 2. The van der Waals surface area contributed by atoms with Crippen molar-refractivity contribution in [3.8, 4) is 22.6 Å². The zero-order chi connectivity index (χ0) is 19.3. The van der Waals surface area contributed by atoms with Gasteiger partial charge in [0.05, 0.1) is 5.69 Å². The highest BCUT2D eigenvalue weighted by atomic mass is 19.1. The summed E-state index contributed by atoms with van der Waals surface area (Å²) in [5, 5.41) is 16.0. The monoisotopic (exact) mass is 381 g/mol. The molecule has 7 nitrogen and oxygen atoms in total. The van der Waals surface area contributed by atoms with Crippen LogP contribution in [-0.2, 0) is 13.0 Å². The van der Waals surface area contributed by atoms with E-state index in [0.717, 1.165) is 37.0 Å². The number of nitrogens with zero attached hydrogens (tertiary/aromatic N) is 6. The second-order valence-electron chi connectivity index (χ2n) is 6.65. The fraction of sp³-hybridized carbons (Fsp3) is 0.263. The van der Waals surface area contributed by atoms with E-state index in [1.165, 1.54) is 12.1 Å². The number of aryl methyl sites for hydroxylation is 1. The maximum atomic E-state index is 14.5. The molecule has 1 aliphatic heterocycles. The Hall–Kier alpha value is -3.36. The average Bonchev–Trinajstić information content (AvgIpc) is 3.36. The average molecular weight is 381 g/mol. The zero-order valence-electron chi connectivity index (χ0n) is 15.2. The first-order valence-corrected chi connectivity index (χ1v) is 9.17. The van der Waals surface area contributed by atoms with Gasteiger partial charge in [0.1, 0.15) is 28.8 Å². The summed E-state index contributed by atoms with van der Waals surface area (Å²) in [6.45, 7) is 3.42. The van der Waals surface area contributed by atoms with Gasteiger partial charge in [-0.3, -0.25) is 0 Å². The second-order valence-corrected chi connectivity index (χ2v) is 6.65. The van der Waals surface area contributed by atoms with Crippen LogP contribution < -0.4 is 5.32 Å². The molecular weight excluding hydrogens is 364 g/mol. The SMILES string of the molecule is CCNc1nnc2ccc(-c3c(-c4ccc(F)cc4F)nc4n3CCC4)nn12. The van der Waals surface area contributed by atoms with E-state index in [1.807, 2.05) is 19.1 Å². The van der Waals surface area contributed by atoms with Gasteiger partial charge in [-0.05, 0) is 37.6 Å². The normalized spacial score (nSPS) is 13.2. The number of halogens is 2. The molecule has 0 saturated heterocycles. The predicted molar refractivity (Wildman–Crippen MR) is 99.8 cm³/mol. The first-order valence-electron chi connectivity index (χ1n) is 9.17. The molecule has 1 aromatic carbocycles.